The Labute approximate surface area is 161 Å². The molecule has 1 aliphatic carbocycles. The summed E-state index contributed by atoms with van der Waals surface area (Å²) in [6.45, 7) is 3.84. The van der Waals surface area contributed by atoms with E-state index in [1.54, 1.807) is 14.2 Å². The van der Waals surface area contributed by atoms with E-state index < -0.39 is 16.8 Å². The Balaban J connectivity index is 2.31. The molecule has 2 N–H and O–H groups in total. The van der Waals surface area contributed by atoms with Crippen LogP contribution in [0.2, 0.25) is 0 Å². The number of benzene rings is 1. The molecule has 1 fully saturated rings. The lowest BCUT2D eigenvalue weighted by atomic mass is 9.77. The number of carboxylic acid groups (broad SMARTS) is 1. The van der Waals surface area contributed by atoms with Crippen molar-refractivity contribution in [1.82, 2.24) is 5.32 Å². The van der Waals surface area contributed by atoms with E-state index in [4.69, 9.17) is 9.47 Å². The van der Waals surface area contributed by atoms with Gasteiger partial charge in [0.25, 0.3) is 0 Å². The van der Waals surface area contributed by atoms with Gasteiger partial charge in [0.05, 0.1) is 25.0 Å². The van der Waals surface area contributed by atoms with E-state index in [-0.39, 0.29) is 12.5 Å². The molecule has 0 aliphatic heterocycles. The number of methoxy groups -OCH3 is 2. The molecule has 2 rings (SSSR count). The Hall–Kier alpha value is -2.24. The van der Waals surface area contributed by atoms with Crippen molar-refractivity contribution in [2.45, 2.75) is 57.8 Å². The van der Waals surface area contributed by atoms with Crippen molar-refractivity contribution in [3.63, 3.8) is 0 Å². The molecule has 1 saturated carbocycles. The molecular weight excluding hydrogens is 346 g/mol. The fourth-order valence-electron chi connectivity index (χ4n) is 4.06. The molecule has 0 bridgehead atoms. The van der Waals surface area contributed by atoms with Crippen molar-refractivity contribution < 1.29 is 24.2 Å². The summed E-state index contributed by atoms with van der Waals surface area (Å²) in [5.74, 6) is 0.256. The fraction of sp³-hybridized carbons (Fsp3) is 0.619. The highest BCUT2D eigenvalue weighted by molar-refractivity contribution is 5.89. The molecule has 1 amide bonds. The molecule has 0 radical (unpaired) electrons. The van der Waals surface area contributed by atoms with E-state index in [1.807, 2.05) is 32.0 Å². The zero-order chi connectivity index (χ0) is 20.1. The maximum absolute atomic E-state index is 13.2. The number of nitrogens with one attached hydrogen (secondary N) is 1. The third kappa shape index (κ3) is 3.89. The maximum atomic E-state index is 13.2. The second kappa shape index (κ2) is 8.63. The van der Waals surface area contributed by atoms with E-state index in [0.29, 0.717) is 24.3 Å². The van der Waals surface area contributed by atoms with Crippen LogP contribution in [-0.4, -0.2) is 37.7 Å². The first kappa shape index (κ1) is 21.1. The molecule has 0 spiro atoms. The molecule has 1 aromatic rings. The van der Waals surface area contributed by atoms with Gasteiger partial charge in [-0.05, 0) is 43.4 Å². The van der Waals surface area contributed by atoms with Gasteiger partial charge in [0.15, 0.2) is 11.5 Å². The first-order valence-corrected chi connectivity index (χ1v) is 9.63. The Morgan fingerprint density at radius 2 is 1.70 bits per heavy atom. The van der Waals surface area contributed by atoms with Gasteiger partial charge in [-0.25, -0.2) is 0 Å². The van der Waals surface area contributed by atoms with Gasteiger partial charge < -0.3 is 19.9 Å². The Morgan fingerprint density at radius 1 is 1.11 bits per heavy atom. The highest BCUT2D eigenvalue weighted by Crippen LogP contribution is 2.44. The van der Waals surface area contributed by atoms with Crippen LogP contribution in [0.5, 0.6) is 11.5 Å². The summed E-state index contributed by atoms with van der Waals surface area (Å²) >= 11 is 0. The zero-order valence-electron chi connectivity index (χ0n) is 16.8. The van der Waals surface area contributed by atoms with Crippen LogP contribution in [0.3, 0.4) is 0 Å². The number of rotatable bonds is 9. The monoisotopic (exact) mass is 377 g/mol. The molecular formula is C21H31NO5. The average molecular weight is 377 g/mol. The molecule has 0 atom stereocenters. The molecule has 1 aliphatic rings. The lowest BCUT2D eigenvalue weighted by Crippen LogP contribution is -2.48. The molecule has 6 heteroatoms. The minimum atomic E-state index is -0.924. The number of ether oxygens (including phenoxy) is 2. The number of carbonyl (C=O) groups excluding carboxylic acids is 1. The predicted molar refractivity (Wildman–Crippen MR) is 103 cm³/mol. The van der Waals surface area contributed by atoms with Crippen molar-refractivity contribution in [3.05, 3.63) is 23.8 Å². The van der Waals surface area contributed by atoms with Gasteiger partial charge in [-0.2, -0.15) is 0 Å². The van der Waals surface area contributed by atoms with E-state index in [9.17, 15) is 14.7 Å². The van der Waals surface area contributed by atoms with Gasteiger partial charge in [0, 0.05) is 6.54 Å². The number of carboxylic acids is 1. The zero-order valence-corrected chi connectivity index (χ0v) is 16.8. The summed E-state index contributed by atoms with van der Waals surface area (Å²) in [7, 11) is 3.16. The van der Waals surface area contributed by atoms with Crippen LogP contribution in [0.1, 0.15) is 57.9 Å². The summed E-state index contributed by atoms with van der Waals surface area (Å²) in [4.78, 5) is 25.0. The summed E-state index contributed by atoms with van der Waals surface area (Å²) in [6.07, 6.45) is 4.37. The van der Waals surface area contributed by atoms with E-state index >= 15 is 0 Å². The average Bonchev–Trinajstić information content (AvgIpc) is 3.19. The van der Waals surface area contributed by atoms with Crippen LogP contribution >= 0.6 is 0 Å². The van der Waals surface area contributed by atoms with Crippen molar-refractivity contribution >= 4 is 11.9 Å². The Morgan fingerprint density at radius 3 is 2.19 bits per heavy atom. The third-order valence-corrected chi connectivity index (χ3v) is 6.22. The van der Waals surface area contributed by atoms with Crippen molar-refractivity contribution in [3.8, 4) is 11.5 Å². The summed E-state index contributed by atoms with van der Waals surface area (Å²) in [6, 6.07) is 5.60. The number of hydrogen-bond donors (Lipinski definition) is 2. The van der Waals surface area contributed by atoms with Crippen LogP contribution < -0.4 is 14.8 Å². The van der Waals surface area contributed by atoms with Crippen LogP contribution in [0.15, 0.2) is 18.2 Å². The minimum absolute atomic E-state index is 0.0975. The van der Waals surface area contributed by atoms with E-state index in [2.05, 4.69) is 5.32 Å². The normalized spacial score (nSPS) is 16.0. The standard InChI is InChI=1S/C21H31NO5/c1-5-20(6-2,19(24)25)14-22-18(23)21(11-7-8-12-21)15-9-10-16(26-3)17(13-15)27-4/h9-10,13H,5-8,11-12,14H2,1-4H3,(H,22,23)(H,24,25). The van der Waals surface area contributed by atoms with Gasteiger partial charge in [0.1, 0.15) is 0 Å². The first-order valence-electron chi connectivity index (χ1n) is 9.63. The SMILES string of the molecule is CCC(CC)(CNC(=O)C1(c2ccc(OC)c(OC)c2)CCCC1)C(=O)O. The smallest absolute Gasteiger partial charge is 0.311 e. The molecule has 6 nitrogen and oxygen atoms in total. The molecule has 1 aromatic carbocycles. The van der Waals surface area contributed by atoms with Crippen LogP contribution in [-0.2, 0) is 15.0 Å². The minimum Gasteiger partial charge on any atom is -0.493 e. The molecule has 27 heavy (non-hydrogen) atoms. The number of amides is 1. The van der Waals surface area contributed by atoms with E-state index in [0.717, 1.165) is 31.2 Å². The van der Waals surface area contributed by atoms with Gasteiger partial charge >= 0.3 is 5.97 Å². The van der Waals surface area contributed by atoms with Gasteiger partial charge in [-0.15, -0.1) is 0 Å². The molecule has 0 saturated heterocycles. The molecule has 0 unspecified atom stereocenters. The van der Waals surface area contributed by atoms with Crippen molar-refractivity contribution in [2.24, 2.45) is 5.41 Å². The fourth-order valence-corrected chi connectivity index (χ4v) is 4.06. The van der Waals surface area contributed by atoms with Crippen LogP contribution in [0.25, 0.3) is 0 Å². The number of hydrogen-bond acceptors (Lipinski definition) is 4. The second-order valence-electron chi connectivity index (χ2n) is 7.33. The maximum Gasteiger partial charge on any atom is 0.311 e. The number of carbonyl (C=O) groups is 2. The summed E-state index contributed by atoms with van der Waals surface area (Å²) < 4.78 is 10.7. The molecule has 0 aromatic heterocycles. The van der Waals surface area contributed by atoms with Gasteiger partial charge in [-0.3, -0.25) is 9.59 Å². The predicted octanol–water partition coefficient (Wildman–Crippen LogP) is 3.52. The van der Waals surface area contributed by atoms with Gasteiger partial charge in [-0.1, -0.05) is 32.8 Å². The highest BCUT2D eigenvalue weighted by Gasteiger charge is 2.44. The Kier molecular flexibility index (Phi) is 6.73. The summed E-state index contributed by atoms with van der Waals surface area (Å²) in [5, 5.41) is 12.6. The molecule has 150 valence electrons. The third-order valence-electron chi connectivity index (χ3n) is 6.22. The topological polar surface area (TPSA) is 84.9 Å². The van der Waals surface area contributed by atoms with Crippen molar-refractivity contribution in [2.75, 3.05) is 20.8 Å². The van der Waals surface area contributed by atoms with Crippen LogP contribution in [0, 0.1) is 5.41 Å². The quantitative estimate of drug-likeness (QED) is 0.688. The second-order valence-corrected chi connectivity index (χ2v) is 7.33. The van der Waals surface area contributed by atoms with Crippen molar-refractivity contribution in [1.29, 1.82) is 0 Å². The highest BCUT2D eigenvalue weighted by atomic mass is 16.5. The largest absolute Gasteiger partial charge is 0.493 e. The lowest BCUT2D eigenvalue weighted by Gasteiger charge is -2.32. The summed E-state index contributed by atoms with van der Waals surface area (Å²) in [5.41, 5.74) is -0.678. The molecule has 0 heterocycles. The van der Waals surface area contributed by atoms with Crippen LogP contribution in [0.4, 0.5) is 0 Å². The van der Waals surface area contributed by atoms with E-state index in [1.165, 1.54) is 0 Å². The lowest BCUT2D eigenvalue weighted by molar-refractivity contribution is -0.149. The first-order chi connectivity index (χ1) is 12.9. The Bertz CT molecular complexity index is 675. The van der Waals surface area contributed by atoms with Gasteiger partial charge in [0.2, 0.25) is 5.91 Å². The number of aliphatic carboxylic acids is 1.